The Kier molecular flexibility index (Phi) is 6.05. The summed E-state index contributed by atoms with van der Waals surface area (Å²) in [5.74, 6) is 0.181. The lowest BCUT2D eigenvalue weighted by Crippen LogP contribution is -2.17. The average Bonchev–Trinajstić information content (AvgIpc) is 3.43. The van der Waals surface area contributed by atoms with E-state index in [9.17, 15) is 18.0 Å². The molecule has 3 aromatic heterocycles. The number of amides is 1. The Hall–Kier alpha value is -3.14. The van der Waals surface area contributed by atoms with E-state index in [0.29, 0.717) is 36.2 Å². The molecule has 1 N–H and O–H groups in total. The number of alkyl halides is 3. The number of carbonyl (C=O) groups excluding carboxylic acids is 1. The number of aromatic nitrogens is 3. The van der Waals surface area contributed by atoms with Crippen LogP contribution in [-0.2, 0) is 10.9 Å². The van der Waals surface area contributed by atoms with Crippen LogP contribution in [0.3, 0.4) is 0 Å². The van der Waals surface area contributed by atoms with Crippen LogP contribution < -0.4 is 10.1 Å². The Balaban J connectivity index is 1.63. The summed E-state index contributed by atoms with van der Waals surface area (Å²) < 4.78 is 51.7. The van der Waals surface area contributed by atoms with Gasteiger partial charge in [0.2, 0.25) is 0 Å². The number of anilines is 1. The number of halogens is 3. The predicted octanol–water partition coefficient (Wildman–Crippen LogP) is 4.54. The smallest absolute Gasteiger partial charge is 0.433 e. The Bertz CT molecular complexity index is 1120. The molecule has 0 bridgehead atoms. The van der Waals surface area contributed by atoms with Crippen molar-refractivity contribution in [3.8, 4) is 5.75 Å². The molecule has 10 heteroatoms. The molecular weight excluding hydrogens is 425 g/mol. The lowest BCUT2D eigenvalue weighted by Gasteiger charge is -2.14. The van der Waals surface area contributed by atoms with E-state index in [1.165, 1.54) is 6.07 Å². The number of fused-ring (bicyclic) bond motifs is 1. The Labute approximate surface area is 182 Å². The minimum atomic E-state index is -4.64. The molecule has 7 nitrogen and oxygen atoms in total. The molecule has 4 heterocycles. The Morgan fingerprint density at radius 2 is 2.16 bits per heavy atom. The van der Waals surface area contributed by atoms with E-state index in [-0.39, 0.29) is 11.6 Å². The van der Waals surface area contributed by atoms with Crippen molar-refractivity contribution in [3.63, 3.8) is 0 Å². The van der Waals surface area contributed by atoms with Crippen molar-refractivity contribution in [1.29, 1.82) is 0 Å². The van der Waals surface area contributed by atoms with Gasteiger partial charge in [-0.3, -0.25) is 4.79 Å². The molecule has 1 aliphatic heterocycles. The first-order chi connectivity index (χ1) is 15.3. The highest BCUT2D eigenvalue weighted by molar-refractivity contribution is 6.03. The van der Waals surface area contributed by atoms with Gasteiger partial charge in [-0.25, -0.2) is 9.97 Å². The molecule has 3 aromatic rings. The van der Waals surface area contributed by atoms with E-state index < -0.39 is 17.8 Å². The molecule has 0 aliphatic carbocycles. The summed E-state index contributed by atoms with van der Waals surface area (Å²) in [5.41, 5.74) is 0.373. The lowest BCUT2D eigenvalue weighted by molar-refractivity contribution is -0.141. The molecule has 0 saturated carbocycles. The minimum absolute atomic E-state index is 0.195. The zero-order valence-electron chi connectivity index (χ0n) is 17.6. The number of hydrogen-bond acceptors (Lipinski definition) is 5. The van der Waals surface area contributed by atoms with Gasteiger partial charge in [-0.05, 0) is 31.4 Å². The fourth-order valence-electron chi connectivity index (χ4n) is 3.72. The van der Waals surface area contributed by atoms with E-state index in [0.717, 1.165) is 30.9 Å². The molecule has 2 atom stereocenters. The van der Waals surface area contributed by atoms with Gasteiger partial charge in [0.1, 0.15) is 28.5 Å². The first-order valence-electron chi connectivity index (χ1n) is 10.3. The summed E-state index contributed by atoms with van der Waals surface area (Å²) in [4.78, 5) is 20.8. The minimum Gasteiger partial charge on any atom is -0.491 e. The van der Waals surface area contributed by atoms with Gasteiger partial charge < -0.3 is 19.2 Å². The van der Waals surface area contributed by atoms with Crippen molar-refractivity contribution in [2.45, 2.75) is 32.4 Å². The molecule has 1 aliphatic rings. The van der Waals surface area contributed by atoms with Crippen LogP contribution in [-0.4, -0.2) is 40.1 Å². The number of nitrogens with zero attached hydrogens (tertiary/aromatic N) is 3. The number of imidazole rings is 1. The summed E-state index contributed by atoms with van der Waals surface area (Å²) in [6, 6.07) is 4.88. The second-order valence-corrected chi connectivity index (χ2v) is 7.69. The molecule has 0 unspecified atom stereocenters. The van der Waals surface area contributed by atoms with Crippen LogP contribution in [0.1, 0.15) is 48.1 Å². The van der Waals surface area contributed by atoms with Crippen LogP contribution >= 0.6 is 0 Å². The van der Waals surface area contributed by atoms with Crippen LogP contribution in [0, 0.1) is 5.92 Å². The number of pyridine rings is 2. The van der Waals surface area contributed by atoms with Crippen molar-refractivity contribution >= 4 is 17.2 Å². The monoisotopic (exact) mass is 448 g/mol. The van der Waals surface area contributed by atoms with Crippen molar-refractivity contribution in [2.75, 3.05) is 25.1 Å². The Morgan fingerprint density at radius 1 is 1.34 bits per heavy atom. The molecule has 4 rings (SSSR count). The molecule has 0 aromatic carbocycles. The highest BCUT2D eigenvalue weighted by Crippen LogP contribution is 2.33. The summed E-state index contributed by atoms with van der Waals surface area (Å²) in [6.07, 6.45) is -0.142. The van der Waals surface area contributed by atoms with Gasteiger partial charge in [0, 0.05) is 31.0 Å². The number of hydrogen-bond donors (Lipinski definition) is 1. The predicted molar refractivity (Wildman–Crippen MR) is 111 cm³/mol. The van der Waals surface area contributed by atoms with Gasteiger partial charge in [0.15, 0.2) is 0 Å². The van der Waals surface area contributed by atoms with Crippen LogP contribution in [0.5, 0.6) is 5.75 Å². The fraction of sp³-hybridized carbons (Fsp3) is 0.409. The molecular formula is C22H23F3N4O3. The average molecular weight is 448 g/mol. The fourth-order valence-corrected chi connectivity index (χ4v) is 3.72. The van der Waals surface area contributed by atoms with Crippen molar-refractivity contribution < 1.29 is 27.4 Å². The SMILES string of the molecule is CCOc1cc2nc([C@@H](C)[C@H]3CCOC3)cn2cc1NC(=O)c1cccc(C(F)(F)F)n1. The molecule has 1 fully saturated rings. The van der Waals surface area contributed by atoms with Crippen LogP contribution in [0.15, 0.2) is 36.7 Å². The number of ether oxygens (including phenoxy) is 2. The number of rotatable bonds is 6. The molecule has 0 radical (unpaired) electrons. The van der Waals surface area contributed by atoms with Gasteiger partial charge in [-0.2, -0.15) is 13.2 Å². The molecule has 0 spiro atoms. The van der Waals surface area contributed by atoms with Crippen LogP contribution in [0.25, 0.3) is 5.65 Å². The highest BCUT2D eigenvalue weighted by atomic mass is 19.4. The first-order valence-corrected chi connectivity index (χ1v) is 10.3. The maximum atomic E-state index is 12.9. The van der Waals surface area contributed by atoms with E-state index in [4.69, 9.17) is 14.5 Å². The highest BCUT2D eigenvalue weighted by Gasteiger charge is 2.33. The maximum absolute atomic E-state index is 12.9. The molecule has 32 heavy (non-hydrogen) atoms. The van der Waals surface area contributed by atoms with E-state index in [2.05, 4.69) is 17.2 Å². The zero-order valence-corrected chi connectivity index (χ0v) is 17.6. The van der Waals surface area contributed by atoms with Gasteiger partial charge in [-0.1, -0.05) is 13.0 Å². The normalized spacial score (nSPS) is 17.5. The second kappa shape index (κ2) is 8.78. The second-order valence-electron chi connectivity index (χ2n) is 7.69. The topological polar surface area (TPSA) is 77.8 Å². The van der Waals surface area contributed by atoms with Crippen LogP contribution in [0.4, 0.5) is 18.9 Å². The lowest BCUT2D eigenvalue weighted by atomic mass is 9.91. The van der Waals surface area contributed by atoms with Gasteiger partial charge >= 0.3 is 6.18 Å². The summed E-state index contributed by atoms with van der Waals surface area (Å²) in [7, 11) is 0. The van der Waals surface area contributed by atoms with E-state index in [1.54, 1.807) is 23.6 Å². The Morgan fingerprint density at radius 3 is 2.84 bits per heavy atom. The van der Waals surface area contributed by atoms with Gasteiger partial charge in [0.25, 0.3) is 5.91 Å². The van der Waals surface area contributed by atoms with E-state index in [1.807, 2.05) is 6.20 Å². The zero-order chi connectivity index (χ0) is 22.9. The summed E-state index contributed by atoms with van der Waals surface area (Å²) in [6.45, 7) is 5.68. The molecule has 1 amide bonds. The first kappa shape index (κ1) is 22.1. The quantitative estimate of drug-likeness (QED) is 0.599. The van der Waals surface area contributed by atoms with Crippen LogP contribution in [0.2, 0.25) is 0 Å². The third-order valence-electron chi connectivity index (χ3n) is 5.53. The van der Waals surface area contributed by atoms with E-state index >= 15 is 0 Å². The van der Waals surface area contributed by atoms with Gasteiger partial charge in [-0.15, -0.1) is 0 Å². The standard InChI is InChI=1S/C22H23F3N4O3/c1-3-32-18-9-20-27-16(13(2)14-7-8-31-12-14)10-29(20)11-17(18)28-21(30)15-5-4-6-19(26-15)22(23,24)25/h4-6,9-11,13-14H,3,7-8,12H2,1-2H3,(H,28,30)/t13-,14-/m0/s1. The largest absolute Gasteiger partial charge is 0.491 e. The summed E-state index contributed by atoms with van der Waals surface area (Å²) >= 11 is 0. The van der Waals surface area contributed by atoms with Crippen molar-refractivity contribution in [2.24, 2.45) is 5.92 Å². The third-order valence-corrected chi connectivity index (χ3v) is 5.53. The third kappa shape index (κ3) is 4.55. The number of nitrogens with one attached hydrogen (secondary N) is 1. The van der Waals surface area contributed by atoms with Gasteiger partial charge in [0.05, 0.1) is 18.9 Å². The molecule has 1 saturated heterocycles. The molecule has 170 valence electrons. The summed E-state index contributed by atoms with van der Waals surface area (Å²) in [5, 5.41) is 2.61. The maximum Gasteiger partial charge on any atom is 0.433 e. The number of carbonyl (C=O) groups is 1. The van der Waals surface area contributed by atoms with Crippen molar-refractivity contribution in [1.82, 2.24) is 14.4 Å². The van der Waals surface area contributed by atoms with Crippen molar-refractivity contribution in [3.05, 3.63) is 53.7 Å².